The van der Waals surface area contributed by atoms with Gasteiger partial charge in [-0.1, -0.05) is 30.3 Å². The Labute approximate surface area is 150 Å². The molecule has 4 heteroatoms. The van der Waals surface area contributed by atoms with Crippen LogP contribution in [0.3, 0.4) is 0 Å². The zero-order chi connectivity index (χ0) is 17.6. The summed E-state index contributed by atoms with van der Waals surface area (Å²) >= 11 is 0. The van der Waals surface area contributed by atoms with Gasteiger partial charge in [0.05, 0.1) is 0 Å². The van der Waals surface area contributed by atoms with Crippen molar-refractivity contribution in [1.29, 1.82) is 0 Å². The third-order valence-electron chi connectivity index (χ3n) is 4.73. The van der Waals surface area contributed by atoms with Gasteiger partial charge < -0.3 is 14.7 Å². The molecular formula is C21H28N2O2. The number of para-hydroxylation sites is 1. The summed E-state index contributed by atoms with van der Waals surface area (Å²) in [6.45, 7) is 9.07. The Bertz CT molecular complexity index is 681. The van der Waals surface area contributed by atoms with E-state index in [1.807, 2.05) is 31.2 Å². The molecule has 25 heavy (non-hydrogen) atoms. The smallest absolute Gasteiger partial charge is 0.122 e. The predicted molar refractivity (Wildman–Crippen MR) is 103 cm³/mol. The van der Waals surface area contributed by atoms with Crippen molar-refractivity contribution in [2.24, 2.45) is 0 Å². The highest BCUT2D eigenvalue weighted by molar-refractivity contribution is 5.48. The average molecular weight is 340 g/mol. The van der Waals surface area contributed by atoms with Crippen molar-refractivity contribution in [2.75, 3.05) is 44.2 Å². The van der Waals surface area contributed by atoms with Gasteiger partial charge in [0, 0.05) is 38.4 Å². The SMILES string of the molecule is Cc1cccc(N2CCN(CC(O)COc3ccccc3C)CC2)c1. The van der Waals surface area contributed by atoms with Gasteiger partial charge in [-0.25, -0.2) is 0 Å². The number of aliphatic hydroxyl groups excluding tert-OH is 1. The van der Waals surface area contributed by atoms with E-state index in [-0.39, 0.29) is 0 Å². The second kappa shape index (κ2) is 8.37. The molecule has 0 bridgehead atoms. The van der Waals surface area contributed by atoms with Gasteiger partial charge in [0.15, 0.2) is 0 Å². The summed E-state index contributed by atoms with van der Waals surface area (Å²) in [6.07, 6.45) is -0.467. The largest absolute Gasteiger partial charge is 0.491 e. The fraction of sp³-hybridized carbons (Fsp3) is 0.429. The summed E-state index contributed by atoms with van der Waals surface area (Å²) in [5.41, 5.74) is 3.69. The first-order chi connectivity index (χ1) is 12.1. The molecule has 1 atom stereocenters. The van der Waals surface area contributed by atoms with Gasteiger partial charge in [-0.05, 0) is 43.2 Å². The van der Waals surface area contributed by atoms with Crippen molar-refractivity contribution in [3.05, 3.63) is 59.7 Å². The number of ether oxygens (including phenoxy) is 1. The summed E-state index contributed by atoms with van der Waals surface area (Å²) in [7, 11) is 0. The quantitative estimate of drug-likeness (QED) is 0.877. The Morgan fingerprint density at radius 3 is 2.48 bits per heavy atom. The van der Waals surface area contributed by atoms with Gasteiger partial charge in [0.1, 0.15) is 18.5 Å². The van der Waals surface area contributed by atoms with Gasteiger partial charge in [-0.15, -0.1) is 0 Å². The molecule has 0 aromatic heterocycles. The van der Waals surface area contributed by atoms with Crippen molar-refractivity contribution in [2.45, 2.75) is 20.0 Å². The lowest BCUT2D eigenvalue weighted by Crippen LogP contribution is -2.49. The van der Waals surface area contributed by atoms with Crippen LogP contribution in [0.15, 0.2) is 48.5 Å². The molecule has 1 heterocycles. The first kappa shape index (κ1) is 17.8. The summed E-state index contributed by atoms with van der Waals surface area (Å²) < 4.78 is 5.76. The van der Waals surface area contributed by atoms with E-state index >= 15 is 0 Å². The number of anilines is 1. The first-order valence-corrected chi connectivity index (χ1v) is 9.02. The highest BCUT2D eigenvalue weighted by atomic mass is 16.5. The van der Waals surface area contributed by atoms with Crippen LogP contribution < -0.4 is 9.64 Å². The lowest BCUT2D eigenvalue weighted by molar-refractivity contribution is 0.0661. The molecule has 0 spiro atoms. The van der Waals surface area contributed by atoms with Gasteiger partial charge in [0.25, 0.3) is 0 Å². The standard InChI is InChI=1S/C21H28N2O2/c1-17-6-5-8-19(14-17)23-12-10-22(11-13-23)15-20(24)16-25-21-9-4-3-7-18(21)2/h3-9,14,20,24H,10-13,15-16H2,1-2H3. The summed E-state index contributed by atoms with van der Waals surface area (Å²) in [4.78, 5) is 4.73. The fourth-order valence-electron chi connectivity index (χ4n) is 3.27. The maximum atomic E-state index is 10.3. The number of piperazine rings is 1. The van der Waals surface area contributed by atoms with E-state index in [0.29, 0.717) is 13.2 Å². The van der Waals surface area contributed by atoms with Crippen LogP contribution in [0.5, 0.6) is 5.75 Å². The Morgan fingerprint density at radius 1 is 1.00 bits per heavy atom. The fourth-order valence-corrected chi connectivity index (χ4v) is 3.27. The van der Waals surface area contributed by atoms with E-state index < -0.39 is 6.10 Å². The third-order valence-corrected chi connectivity index (χ3v) is 4.73. The number of aliphatic hydroxyl groups is 1. The van der Waals surface area contributed by atoms with E-state index in [1.54, 1.807) is 0 Å². The molecule has 1 unspecified atom stereocenters. The predicted octanol–water partition coefficient (Wildman–Crippen LogP) is 2.87. The van der Waals surface area contributed by atoms with Crippen LogP contribution in [0.2, 0.25) is 0 Å². The van der Waals surface area contributed by atoms with Crippen LogP contribution in [0.1, 0.15) is 11.1 Å². The lowest BCUT2D eigenvalue weighted by Gasteiger charge is -2.37. The van der Waals surface area contributed by atoms with E-state index in [1.165, 1.54) is 11.3 Å². The number of rotatable bonds is 6. The third kappa shape index (κ3) is 4.97. The van der Waals surface area contributed by atoms with Gasteiger partial charge in [0.2, 0.25) is 0 Å². The second-order valence-electron chi connectivity index (χ2n) is 6.86. The summed E-state index contributed by atoms with van der Waals surface area (Å²) in [6, 6.07) is 16.6. The van der Waals surface area contributed by atoms with Crippen molar-refractivity contribution in [3.8, 4) is 5.75 Å². The molecule has 3 rings (SSSR count). The van der Waals surface area contributed by atoms with Gasteiger partial charge >= 0.3 is 0 Å². The molecule has 2 aromatic rings. The van der Waals surface area contributed by atoms with Crippen LogP contribution in [-0.4, -0.2) is 55.4 Å². The molecule has 0 amide bonds. The lowest BCUT2D eigenvalue weighted by atomic mass is 10.2. The minimum atomic E-state index is -0.467. The zero-order valence-electron chi connectivity index (χ0n) is 15.2. The monoisotopic (exact) mass is 340 g/mol. The number of β-amino-alcohol motifs (C(OH)–C–C–N with tert-alkyl or cyclic N) is 1. The maximum Gasteiger partial charge on any atom is 0.122 e. The van der Waals surface area contributed by atoms with Crippen LogP contribution in [0.25, 0.3) is 0 Å². The number of aryl methyl sites for hydroxylation is 2. The van der Waals surface area contributed by atoms with E-state index in [0.717, 1.165) is 37.5 Å². The molecule has 0 saturated carbocycles. The van der Waals surface area contributed by atoms with Crippen molar-refractivity contribution in [3.63, 3.8) is 0 Å². The van der Waals surface area contributed by atoms with E-state index in [9.17, 15) is 5.11 Å². The van der Waals surface area contributed by atoms with Crippen LogP contribution in [-0.2, 0) is 0 Å². The highest BCUT2D eigenvalue weighted by Gasteiger charge is 2.20. The Kier molecular flexibility index (Phi) is 5.95. The molecule has 134 valence electrons. The molecule has 2 aromatic carbocycles. The maximum absolute atomic E-state index is 10.3. The van der Waals surface area contributed by atoms with Crippen LogP contribution in [0, 0.1) is 13.8 Å². The highest BCUT2D eigenvalue weighted by Crippen LogP contribution is 2.18. The molecule has 0 aliphatic carbocycles. The Balaban J connectivity index is 1.43. The number of benzene rings is 2. The summed E-state index contributed by atoms with van der Waals surface area (Å²) in [5, 5.41) is 10.3. The normalized spacial score (nSPS) is 16.7. The first-order valence-electron chi connectivity index (χ1n) is 9.02. The number of nitrogens with zero attached hydrogens (tertiary/aromatic N) is 2. The average Bonchev–Trinajstić information content (AvgIpc) is 2.62. The molecule has 1 fully saturated rings. The molecule has 4 nitrogen and oxygen atoms in total. The van der Waals surface area contributed by atoms with Crippen LogP contribution >= 0.6 is 0 Å². The Morgan fingerprint density at radius 2 is 1.76 bits per heavy atom. The molecule has 1 N–H and O–H groups in total. The van der Waals surface area contributed by atoms with E-state index in [2.05, 4.69) is 41.0 Å². The molecular weight excluding hydrogens is 312 g/mol. The molecule has 1 aliphatic heterocycles. The zero-order valence-corrected chi connectivity index (χ0v) is 15.2. The van der Waals surface area contributed by atoms with Crippen molar-refractivity contribution < 1.29 is 9.84 Å². The Hall–Kier alpha value is -2.04. The number of hydrogen-bond acceptors (Lipinski definition) is 4. The molecule has 1 saturated heterocycles. The molecule has 0 radical (unpaired) electrons. The molecule has 1 aliphatic rings. The topological polar surface area (TPSA) is 35.9 Å². The minimum absolute atomic E-state index is 0.336. The second-order valence-corrected chi connectivity index (χ2v) is 6.86. The minimum Gasteiger partial charge on any atom is -0.491 e. The van der Waals surface area contributed by atoms with Gasteiger partial charge in [-0.3, -0.25) is 4.90 Å². The van der Waals surface area contributed by atoms with Crippen molar-refractivity contribution in [1.82, 2.24) is 4.90 Å². The summed E-state index contributed by atoms with van der Waals surface area (Å²) in [5.74, 6) is 0.853. The van der Waals surface area contributed by atoms with Gasteiger partial charge in [-0.2, -0.15) is 0 Å². The number of hydrogen-bond donors (Lipinski definition) is 1. The van der Waals surface area contributed by atoms with E-state index in [4.69, 9.17) is 4.74 Å². The van der Waals surface area contributed by atoms with Crippen LogP contribution in [0.4, 0.5) is 5.69 Å². The van der Waals surface area contributed by atoms with Crippen molar-refractivity contribution >= 4 is 5.69 Å².